The molecule has 1 aliphatic heterocycles. The number of hydrogen-bond acceptors (Lipinski definition) is 3. The third kappa shape index (κ3) is 2.96. The number of hydrazine groups is 1. The van der Waals surface area contributed by atoms with Crippen molar-refractivity contribution in [1.29, 1.82) is 0 Å². The van der Waals surface area contributed by atoms with Gasteiger partial charge in [0.25, 0.3) is 0 Å². The number of amides is 1. The van der Waals surface area contributed by atoms with E-state index < -0.39 is 5.41 Å². The van der Waals surface area contributed by atoms with Crippen molar-refractivity contribution in [3.8, 4) is 5.75 Å². The van der Waals surface area contributed by atoms with Gasteiger partial charge in [0.05, 0.1) is 5.41 Å². The van der Waals surface area contributed by atoms with Crippen molar-refractivity contribution in [3.05, 3.63) is 47.7 Å². The van der Waals surface area contributed by atoms with Gasteiger partial charge in [-0.05, 0) is 57.5 Å². The fraction of sp³-hybridized carbons (Fsp3) is 0.350. The average molecular weight is 324 g/mol. The summed E-state index contributed by atoms with van der Waals surface area (Å²) in [5, 5.41) is 2.24. The number of rotatable bonds is 2. The molecule has 24 heavy (non-hydrogen) atoms. The van der Waals surface area contributed by atoms with Gasteiger partial charge < -0.3 is 10.2 Å². The lowest BCUT2D eigenvalue weighted by atomic mass is 9.88. The van der Waals surface area contributed by atoms with Crippen LogP contribution in [0.15, 0.2) is 42.1 Å². The molecule has 4 heteroatoms. The lowest BCUT2D eigenvalue weighted by molar-refractivity contribution is -0.125. The van der Waals surface area contributed by atoms with Crippen LogP contribution in [0, 0.1) is 5.41 Å². The highest BCUT2D eigenvalue weighted by Crippen LogP contribution is 2.36. The maximum atomic E-state index is 12.0. The van der Waals surface area contributed by atoms with Gasteiger partial charge in [-0.3, -0.25) is 10.2 Å². The Hall–Kier alpha value is -2.49. The summed E-state index contributed by atoms with van der Waals surface area (Å²) < 4.78 is 6.17. The van der Waals surface area contributed by atoms with Crippen LogP contribution in [0.1, 0.15) is 40.2 Å². The zero-order chi connectivity index (χ0) is 17.5. The van der Waals surface area contributed by atoms with E-state index in [2.05, 4.69) is 29.1 Å². The Morgan fingerprint density at radius 1 is 1.04 bits per heavy atom. The molecule has 0 aromatic heterocycles. The van der Waals surface area contributed by atoms with Crippen LogP contribution in [0.25, 0.3) is 16.8 Å². The molecule has 1 fully saturated rings. The largest absolute Gasteiger partial charge is 0.488 e. The monoisotopic (exact) mass is 324 g/mol. The number of carbonyl (C=O) groups excluding carboxylic acids is 1. The van der Waals surface area contributed by atoms with Crippen molar-refractivity contribution < 1.29 is 9.53 Å². The molecule has 0 unspecified atom stereocenters. The standard InChI is InChI=1S/C20H24N2O2/c1-19(2,3)24-16-11-10-13-8-6-7-9-14(13)15(16)12-17-20(4,5)18(23)22-21-17/h6-12,21H,1-5H3,(H,22,23)/b17-12-. The number of nitrogens with one attached hydrogen (secondary N) is 2. The molecule has 2 aromatic carbocycles. The normalized spacial score (nSPS) is 18.5. The van der Waals surface area contributed by atoms with Crippen LogP contribution in [-0.2, 0) is 4.79 Å². The van der Waals surface area contributed by atoms with E-state index in [1.54, 1.807) is 0 Å². The molecule has 0 atom stereocenters. The van der Waals surface area contributed by atoms with Crippen LogP contribution in [0.5, 0.6) is 5.75 Å². The van der Waals surface area contributed by atoms with Gasteiger partial charge in [-0.25, -0.2) is 0 Å². The van der Waals surface area contributed by atoms with E-state index in [0.717, 1.165) is 27.8 Å². The van der Waals surface area contributed by atoms with Crippen molar-refractivity contribution in [2.75, 3.05) is 0 Å². The molecule has 126 valence electrons. The number of fused-ring (bicyclic) bond motifs is 1. The molecular weight excluding hydrogens is 300 g/mol. The SMILES string of the molecule is CC(C)(C)Oc1ccc2ccccc2c1/C=C1\NNC(=O)C1(C)C. The summed E-state index contributed by atoms with van der Waals surface area (Å²) in [6.45, 7) is 9.90. The van der Waals surface area contributed by atoms with Crippen LogP contribution in [0.4, 0.5) is 0 Å². The minimum absolute atomic E-state index is 0.0349. The molecule has 0 spiro atoms. The summed E-state index contributed by atoms with van der Waals surface area (Å²) >= 11 is 0. The smallest absolute Gasteiger partial charge is 0.249 e. The second-order valence-electron chi connectivity index (χ2n) is 7.68. The van der Waals surface area contributed by atoms with Gasteiger partial charge in [-0.2, -0.15) is 0 Å². The zero-order valence-corrected chi connectivity index (χ0v) is 14.9. The quantitative estimate of drug-likeness (QED) is 0.877. The number of ether oxygens (including phenoxy) is 1. The summed E-state index contributed by atoms with van der Waals surface area (Å²) in [5.74, 6) is 0.776. The van der Waals surface area contributed by atoms with Gasteiger partial charge >= 0.3 is 0 Å². The topological polar surface area (TPSA) is 50.4 Å². The maximum Gasteiger partial charge on any atom is 0.249 e. The molecule has 0 aliphatic carbocycles. The molecule has 3 rings (SSSR count). The lowest BCUT2D eigenvalue weighted by Crippen LogP contribution is -2.28. The Kier molecular flexibility index (Phi) is 3.78. The van der Waals surface area contributed by atoms with Crippen LogP contribution in [0.3, 0.4) is 0 Å². The van der Waals surface area contributed by atoms with Crippen LogP contribution >= 0.6 is 0 Å². The molecule has 4 nitrogen and oxygen atoms in total. The molecule has 2 N–H and O–H groups in total. The second kappa shape index (κ2) is 5.55. The van der Waals surface area contributed by atoms with Gasteiger partial charge in [-0.15, -0.1) is 0 Å². The molecule has 0 radical (unpaired) electrons. The highest BCUT2D eigenvalue weighted by molar-refractivity contribution is 5.95. The summed E-state index contributed by atoms with van der Waals surface area (Å²) in [6, 6.07) is 12.3. The van der Waals surface area contributed by atoms with E-state index in [-0.39, 0.29) is 11.5 Å². The van der Waals surface area contributed by atoms with Crippen LogP contribution < -0.4 is 15.6 Å². The lowest BCUT2D eigenvalue weighted by Gasteiger charge is -2.24. The zero-order valence-electron chi connectivity index (χ0n) is 14.9. The first-order valence-electron chi connectivity index (χ1n) is 8.18. The highest BCUT2D eigenvalue weighted by Gasteiger charge is 2.38. The number of carbonyl (C=O) groups is 1. The molecule has 1 amide bonds. The summed E-state index contributed by atoms with van der Waals surface area (Å²) in [7, 11) is 0. The van der Waals surface area contributed by atoms with E-state index in [1.807, 2.05) is 58.9 Å². The van der Waals surface area contributed by atoms with Gasteiger partial charge in [-0.1, -0.05) is 30.3 Å². The minimum atomic E-state index is -0.601. The average Bonchev–Trinajstić information content (AvgIpc) is 2.74. The van der Waals surface area contributed by atoms with Crippen LogP contribution in [-0.4, -0.2) is 11.5 Å². The first-order valence-corrected chi connectivity index (χ1v) is 8.18. The molecule has 0 saturated carbocycles. The second-order valence-corrected chi connectivity index (χ2v) is 7.68. The summed E-state index contributed by atoms with van der Waals surface area (Å²) in [6.07, 6.45) is 2.02. The van der Waals surface area contributed by atoms with Crippen molar-refractivity contribution in [3.63, 3.8) is 0 Å². The number of benzene rings is 2. The van der Waals surface area contributed by atoms with E-state index in [1.165, 1.54) is 0 Å². The Bertz CT molecular complexity index is 829. The van der Waals surface area contributed by atoms with E-state index >= 15 is 0 Å². The summed E-state index contributed by atoms with van der Waals surface area (Å²) in [4.78, 5) is 12.0. The van der Waals surface area contributed by atoms with Crippen molar-refractivity contribution in [2.24, 2.45) is 5.41 Å². The Labute approximate surface area is 142 Å². The van der Waals surface area contributed by atoms with Gasteiger partial charge in [0, 0.05) is 11.3 Å². The number of hydrogen-bond donors (Lipinski definition) is 2. The third-order valence-corrected chi connectivity index (χ3v) is 4.19. The molecule has 1 saturated heterocycles. The van der Waals surface area contributed by atoms with Gasteiger partial charge in [0.1, 0.15) is 11.4 Å². The fourth-order valence-electron chi connectivity index (χ4n) is 2.76. The van der Waals surface area contributed by atoms with Crippen molar-refractivity contribution in [2.45, 2.75) is 40.2 Å². The molecule has 0 bridgehead atoms. The third-order valence-electron chi connectivity index (χ3n) is 4.19. The predicted octanol–water partition coefficient (Wildman–Crippen LogP) is 4.02. The van der Waals surface area contributed by atoms with Gasteiger partial charge in [0.15, 0.2) is 0 Å². The van der Waals surface area contributed by atoms with Crippen LogP contribution in [0.2, 0.25) is 0 Å². The molecule has 2 aromatic rings. The minimum Gasteiger partial charge on any atom is -0.488 e. The first kappa shape index (κ1) is 16.4. The first-order chi connectivity index (χ1) is 11.2. The summed E-state index contributed by atoms with van der Waals surface area (Å²) in [5.41, 5.74) is 6.62. The Morgan fingerprint density at radius 2 is 1.75 bits per heavy atom. The Morgan fingerprint density at radius 3 is 2.38 bits per heavy atom. The van der Waals surface area contributed by atoms with E-state index in [0.29, 0.717) is 0 Å². The Balaban J connectivity index is 2.21. The van der Waals surface area contributed by atoms with Crippen molar-refractivity contribution in [1.82, 2.24) is 10.9 Å². The molecular formula is C20H24N2O2. The van der Waals surface area contributed by atoms with Gasteiger partial charge in [0.2, 0.25) is 5.91 Å². The van der Waals surface area contributed by atoms with Crippen molar-refractivity contribution >= 4 is 22.8 Å². The molecule has 1 heterocycles. The van der Waals surface area contributed by atoms with E-state index in [4.69, 9.17) is 4.74 Å². The van der Waals surface area contributed by atoms with E-state index in [9.17, 15) is 4.79 Å². The predicted molar refractivity (Wildman–Crippen MR) is 97.4 cm³/mol. The highest BCUT2D eigenvalue weighted by atomic mass is 16.5. The molecule has 1 aliphatic rings. The fourth-order valence-corrected chi connectivity index (χ4v) is 2.76. The maximum absolute atomic E-state index is 12.0.